The first-order valence-corrected chi connectivity index (χ1v) is 11.6. The number of carbonyl (C=O) groups is 1. The fourth-order valence-corrected chi connectivity index (χ4v) is 4.55. The van der Waals surface area contributed by atoms with Gasteiger partial charge in [-0.2, -0.15) is 0 Å². The maximum absolute atomic E-state index is 14.9. The van der Waals surface area contributed by atoms with Gasteiger partial charge < -0.3 is 24.3 Å². The topological polar surface area (TPSA) is 94.2 Å². The van der Waals surface area contributed by atoms with Crippen LogP contribution in [0.25, 0.3) is 17.1 Å². The van der Waals surface area contributed by atoms with Crippen LogP contribution in [0.4, 0.5) is 10.1 Å². The Morgan fingerprint density at radius 3 is 2.94 bits per heavy atom. The summed E-state index contributed by atoms with van der Waals surface area (Å²) in [6.45, 7) is 1.89. The zero-order chi connectivity index (χ0) is 24.1. The molecule has 178 valence electrons. The van der Waals surface area contributed by atoms with Crippen molar-refractivity contribution >= 4 is 11.6 Å². The average molecular weight is 474 g/mol. The highest BCUT2D eigenvalue weighted by Gasteiger charge is 2.27. The van der Waals surface area contributed by atoms with Gasteiger partial charge in [-0.3, -0.25) is 4.79 Å². The second-order valence-electron chi connectivity index (χ2n) is 9.04. The first kappa shape index (κ1) is 21.5. The van der Waals surface area contributed by atoms with Crippen molar-refractivity contribution in [3.8, 4) is 22.8 Å². The van der Waals surface area contributed by atoms with Crippen LogP contribution in [-0.2, 0) is 0 Å². The number of nitrogens with one attached hydrogen (secondary N) is 1. The Morgan fingerprint density at radius 1 is 1.29 bits per heavy atom. The van der Waals surface area contributed by atoms with E-state index >= 15 is 0 Å². The molecular formula is C26H24FN5O3. The van der Waals surface area contributed by atoms with Gasteiger partial charge in [-0.05, 0) is 49.6 Å². The summed E-state index contributed by atoms with van der Waals surface area (Å²) >= 11 is 0. The van der Waals surface area contributed by atoms with Crippen LogP contribution in [0.15, 0.2) is 55.2 Å². The molecule has 0 spiro atoms. The summed E-state index contributed by atoms with van der Waals surface area (Å²) < 4.78 is 24.6. The van der Waals surface area contributed by atoms with Gasteiger partial charge in [-0.25, -0.2) is 14.4 Å². The smallest absolute Gasteiger partial charge is 0.258 e. The number of aryl methyl sites for hydroxylation is 1. The van der Waals surface area contributed by atoms with E-state index in [-0.39, 0.29) is 24.8 Å². The van der Waals surface area contributed by atoms with E-state index in [0.29, 0.717) is 40.0 Å². The molecule has 2 aromatic heterocycles. The van der Waals surface area contributed by atoms with Crippen molar-refractivity contribution in [3.05, 3.63) is 77.9 Å². The molecule has 0 bridgehead atoms. The van der Waals surface area contributed by atoms with Crippen molar-refractivity contribution < 1.29 is 19.0 Å². The number of rotatable bonds is 5. The largest absolute Gasteiger partial charge is 0.488 e. The number of halogens is 1. The van der Waals surface area contributed by atoms with E-state index in [1.807, 2.05) is 28.3 Å². The van der Waals surface area contributed by atoms with Gasteiger partial charge in [0.05, 0.1) is 47.2 Å². The number of aromatic nitrogens is 4. The lowest BCUT2D eigenvalue weighted by Gasteiger charge is -2.16. The molecule has 4 aromatic rings. The van der Waals surface area contributed by atoms with Crippen LogP contribution in [0.2, 0.25) is 0 Å². The number of aliphatic hydroxyl groups excluding tert-OH is 1. The normalized spacial score (nSPS) is 16.7. The molecule has 1 fully saturated rings. The van der Waals surface area contributed by atoms with Crippen molar-refractivity contribution in [3.63, 3.8) is 0 Å². The maximum atomic E-state index is 14.9. The average Bonchev–Trinajstić information content (AvgIpc) is 3.43. The number of hydrogen-bond donors (Lipinski definition) is 2. The summed E-state index contributed by atoms with van der Waals surface area (Å²) in [6, 6.07) is 7.92. The van der Waals surface area contributed by atoms with Crippen molar-refractivity contribution in [1.29, 1.82) is 0 Å². The van der Waals surface area contributed by atoms with Crippen molar-refractivity contribution in [1.82, 2.24) is 19.1 Å². The molecular weight excluding hydrogens is 449 g/mol. The van der Waals surface area contributed by atoms with Crippen LogP contribution < -0.4 is 10.1 Å². The standard InChI is InChI=1S/C26H24FN5O3/c1-15-9-20(27)19(10-23(15)31-11-22(29-14-31)16-5-6-16)26(34)30-21-4-2-3-18-24(21)35-13-17(12-33)32-8-7-28-25(18)32/h2-4,7-11,14,16-17,33H,5-6,12-13H2,1H3,(H,30,34). The quantitative estimate of drug-likeness (QED) is 0.452. The minimum absolute atomic E-state index is 0.0757. The van der Waals surface area contributed by atoms with Gasteiger partial charge in [0.15, 0.2) is 5.75 Å². The number of para-hydroxylation sites is 1. The number of hydrogen-bond acceptors (Lipinski definition) is 5. The van der Waals surface area contributed by atoms with E-state index in [0.717, 1.165) is 18.5 Å². The Morgan fingerprint density at radius 2 is 2.14 bits per heavy atom. The molecule has 1 atom stereocenters. The molecule has 1 aliphatic heterocycles. The molecule has 3 heterocycles. The first-order valence-electron chi connectivity index (χ1n) is 11.6. The predicted octanol–water partition coefficient (Wildman–Crippen LogP) is 4.24. The Bertz CT molecular complexity index is 1440. The summed E-state index contributed by atoms with van der Waals surface area (Å²) in [4.78, 5) is 22.1. The van der Waals surface area contributed by atoms with Gasteiger partial charge in [0.2, 0.25) is 0 Å². The minimum atomic E-state index is -0.606. The number of benzene rings is 2. The summed E-state index contributed by atoms with van der Waals surface area (Å²) in [5.41, 5.74) is 3.43. The van der Waals surface area contributed by atoms with Crippen LogP contribution >= 0.6 is 0 Å². The number of amides is 1. The molecule has 1 unspecified atom stereocenters. The molecule has 6 rings (SSSR count). The lowest BCUT2D eigenvalue weighted by atomic mass is 10.1. The SMILES string of the molecule is Cc1cc(F)c(C(=O)Nc2cccc3c2OCC(CO)n2ccnc2-3)cc1-n1cnc(C2CC2)c1. The third kappa shape index (κ3) is 3.77. The molecule has 2 aromatic carbocycles. The van der Waals surface area contributed by atoms with E-state index in [2.05, 4.69) is 15.3 Å². The number of nitrogens with zero attached hydrogens (tertiary/aromatic N) is 4. The zero-order valence-electron chi connectivity index (χ0n) is 19.1. The Kier molecular flexibility index (Phi) is 5.14. The Balaban J connectivity index is 1.34. The van der Waals surface area contributed by atoms with Crippen molar-refractivity contribution in [2.24, 2.45) is 0 Å². The van der Waals surface area contributed by atoms with E-state index in [4.69, 9.17) is 4.74 Å². The minimum Gasteiger partial charge on any atom is -0.488 e. The predicted molar refractivity (Wildman–Crippen MR) is 127 cm³/mol. The molecule has 8 nitrogen and oxygen atoms in total. The monoisotopic (exact) mass is 473 g/mol. The van der Waals surface area contributed by atoms with Crippen molar-refractivity contribution in [2.45, 2.75) is 31.7 Å². The maximum Gasteiger partial charge on any atom is 0.258 e. The molecule has 35 heavy (non-hydrogen) atoms. The highest BCUT2D eigenvalue weighted by Crippen LogP contribution is 2.40. The summed E-state index contributed by atoms with van der Waals surface area (Å²) in [7, 11) is 0. The molecule has 1 saturated carbocycles. The number of aliphatic hydroxyl groups is 1. The van der Waals surface area contributed by atoms with E-state index < -0.39 is 11.7 Å². The highest BCUT2D eigenvalue weighted by molar-refractivity contribution is 6.06. The number of fused-ring (bicyclic) bond motifs is 3. The molecule has 0 radical (unpaired) electrons. The molecule has 1 amide bonds. The van der Waals surface area contributed by atoms with Crippen LogP contribution in [-0.4, -0.2) is 43.3 Å². The fourth-order valence-electron chi connectivity index (χ4n) is 4.55. The van der Waals surface area contributed by atoms with Crippen LogP contribution in [0.1, 0.15) is 46.4 Å². The third-order valence-corrected chi connectivity index (χ3v) is 6.60. The van der Waals surface area contributed by atoms with Crippen LogP contribution in [0.5, 0.6) is 5.75 Å². The molecule has 1 aliphatic carbocycles. The molecule has 0 saturated heterocycles. The zero-order valence-corrected chi connectivity index (χ0v) is 19.1. The summed E-state index contributed by atoms with van der Waals surface area (Å²) in [5, 5.41) is 12.6. The van der Waals surface area contributed by atoms with E-state index in [1.54, 1.807) is 36.9 Å². The van der Waals surface area contributed by atoms with Crippen LogP contribution in [0.3, 0.4) is 0 Å². The van der Waals surface area contributed by atoms with E-state index in [9.17, 15) is 14.3 Å². The highest BCUT2D eigenvalue weighted by atomic mass is 19.1. The molecule has 2 N–H and O–H groups in total. The van der Waals surface area contributed by atoms with Crippen LogP contribution in [0, 0.1) is 12.7 Å². The Hall–Kier alpha value is -3.98. The van der Waals surface area contributed by atoms with Gasteiger partial charge >= 0.3 is 0 Å². The van der Waals surface area contributed by atoms with Gasteiger partial charge in [-0.15, -0.1) is 0 Å². The second-order valence-corrected chi connectivity index (χ2v) is 9.04. The third-order valence-electron chi connectivity index (χ3n) is 6.60. The second kappa shape index (κ2) is 8.35. The number of carbonyl (C=O) groups excluding carboxylic acids is 1. The molecule has 9 heteroatoms. The Labute approximate surface area is 201 Å². The van der Waals surface area contributed by atoms with Gasteiger partial charge in [0.1, 0.15) is 18.2 Å². The van der Waals surface area contributed by atoms with Crippen molar-refractivity contribution in [2.75, 3.05) is 18.5 Å². The number of anilines is 1. The number of imidazole rings is 2. The van der Waals surface area contributed by atoms with Gasteiger partial charge in [0.25, 0.3) is 5.91 Å². The lowest BCUT2D eigenvalue weighted by Crippen LogP contribution is -2.19. The van der Waals surface area contributed by atoms with E-state index in [1.165, 1.54) is 6.07 Å². The summed E-state index contributed by atoms with van der Waals surface area (Å²) in [5.74, 6) is 0.359. The number of ether oxygens (including phenoxy) is 1. The first-order chi connectivity index (χ1) is 17.0. The summed E-state index contributed by atoms with van der Waals surface area (Å²) in [6.07, 6.45) is 9.37. The fraction of sp³-hybridized carbons (Fsp3) is 0.269. The van der Waals surface area contributed by atoms with Gasteiger partial charge in [0, 0.05) is 24.5 Å². The lowest BCUT2D eigenvalue weighted by molar-refractivity contribution is 0.102. The van der Waals surface area contributed by atoms with Gasteiger partial charge in [-0.1, -0.05) is 6.07 Å². The molecule has 2 aliphatic rings.